The van der Waals surface area contributed by atoms with Crippen LogP contribution in [-0.4, -0.2) is 0 Å². The maximum Gasteiger partial charge on any atom is 0 e. The third-order valence-electron chi connectivity index (χ3n) is 1.54. The summed E-state index contributed by atoms with van der Waals surface area (Å²) in [5.41, 5.74) is 0. The van der Waals surface area contributed by atoms with E-state index in [9.17, 15) is 0 Å². The van der Waals surface area contributed by atoms with Crippen LogP contribution < -0.4 is 0 Å². The van der Waals surface area contributed by atoms with Crippen molar-refractivity contribution in [3.05, 3.63) is 6.92 Å². The monoisotopic (exact) mass is 169 g/mol. The van der Waals surface area contributed by atoms with Crippen molar-refractivity contribution in [2.24, 2.45) is 5.92 Å². The Kier molecular flexibility index (Phi) is 11.6. The quantitative estimate of drug-likeness (QED) is 0.448. The first-order valence-electron chi connectivity index (χ1n) is 3.64. The van der Waals surface area contributed by atoms with E-state index in [1.165, 1.54) is 25.7 Å². The molecule has 0 N–H and O–H groups in total. The van der Waals surface area contributed by atoms with E-state index in [0.717, 1.165) is 0 Å². The maximum absolute atomic E-state index is 3.99. The van der Waals surface area contributed by atoms with E-state index in [0.29, 0.717) is 5.92 Å². The molecule has 1 heteroatoms. The Morgan fingerprint density at radius 3 is 2.22 bits per heavy atom. The summed E-state index contributed by atoms with van der Waals surface area (Å²) in [4.78, 5) is 0. The summed E-state index contributed by atoms with van der Waals surface area (Å²) in [5.74, 6) is 0.704. The Balaban J connectivity index is 0. The Hall–Kier alpha value is 0.519. The summed E-state index contributed by atoms with van der Waals surface area (Å²) in [7, 11) is 0. The number of hydrogen-bond donors (Lipinski definition) is 0. The second kappa shape index (κ2) is 8.52. The van der Waals surface area contributed by atoms with Gasteiger partial charge in [-0.15, -0.1) is 0 Å². The largest absolute Gasteiger partial charge is 0.340 e. The van der Waals surface area contributed by atoms with Gasteiger partial charge in [-0.3, -0.25) is 0 Å². The van der Waals surface area contributed by atoms with Crippen molar-refractivity contribution in [1.82, 2.24) is 0 Å². The summed E-state index contributed by atoms with van der Waals surface area (Å²) in [6.07, 6.45) is 5.21. The Morgan fingerprint density at radius 1 is 1.33 bits per heavy atom. The summed E-state index contributed by atoms with van der Waals surface area (Å²) in [6, 6.07) is 0. The van der Waals surface area contributed by atoms with Gasteiger partial charge in [-0.25, -0.2) is 0 Å². The molecule has 0 rings (SSSR count). The van der Waals surface area contributed by atoms with Crippen molar-refractivity contribution in [2.75, 3.05) is 0 Å². The Labute approximate surface area is 69.9 Å². The third kappa shape index (κ3) is 8.52. The molecule has 0 radical (unpaired) electrons. The van der Waals surface area contributed by atoms with Crippen molar-refractivity contribution in [1.29, 1.82) is 0 Å². The molecule has 0 aliphatic rings. The number of unbranched alkanes of at least 4 members (excludes halogenated alkanes) is 1. The predicted octanol–water partition coefficient (Wildman–Crippen LogP) is 3.03. The molecule has 0 heterocycles. The van der Waals surface area contributed by atoms with Gasteiger partial charge in [-0.2, -0.15) is 5.92 Å². The minimum Gasteiger partial charge on any atom is -0.340 e. The van der Waals surface area contributed by atoms with Crippen molar-refractivity contribution in [3.8, 4) is 0 Å². The summed E-state index contributed by atoms with van der Waals surface area (Å²) < 4.78 is 0. The normalized spacial score (nSPS) is 12.3. The SMILES string of the molecule is [CH2-]C(CC)CCCC.[Fe]. The van der Waals surface area contributed by atoms with Crippen LogP contribution in [0.15, 0.2) is 0 Å². The van der Waals surface area contributed by atoms with Crippen LogP contribution in [0.2, 0.25) is 0 Å². The molecule has 0 aromatic rings. The third-order valence-corrected chi connectivity index (χ3v) is 1.54. The van der Waals surface area contributed by atoms with Gasteiger partial charge in [0, 0.05) is 17.1 Å². The van der Waals surface area contributed by atoms with E-state index in [4.69, 9.17) is 0 Å². The summed E-state index contributed by atoms with van der Waals surface area (Å²) in [5, 5.41) is 0. The van der Waals surface area contributed by atoms with Gasteiger partial charge in [0.15, 0.2) is 0 Å². The molecule has 9 heavy (non-hydrogen) atoms. The molecule has 0 aliphatic carbocycles. The van der Waals surface area contributed by atoms with Gasteiger partial charge in [-0.1, -0.05) is 39.5 Å². The molecule has 0 bridgehead atoms. The first-order valence-corrected chi connectivity index (χ1v) is 3.64. The van der Waals surface area contributed by atoms with Crippen molar-refractivity contribution >= 4 is 0 Å². The van der Waals surface area contributed by atoms with E-state index in [1.54, 1.807) is 0 Å². The molecule has 0 nitrogen and oxygen atoms in total. The van der Waals surface area contributed by atoms with E-state index in [2.05, 4.69) is 20.8 Å². The van der Waals surface area contributed by atoms with Crippen LogP contribution in [0.1, 0.15) is 39.5 Å². The molecule has 0 fully saturated rings. The second-order valence-corrected chi connectivity index (χ2v) is 2.42. The van der Waals surface area contributed by atoms with Crippen LogP contribution in [0, 0.1) is 12.8 Å². The van der Waals surface area contributed by atoms with Crippen LogP contribution in [0.4, 0.5) is 0 Å². The molecule has 1 unspecified atom stereocenters. The second-order valence-electron chi connectivity index (χ2n) is 2.42. The number of hydrogen-bond acceptors (Lipinski definition) is 0. The predicted molar refractivity (Wildman–Crippen MR) is 38.7 cm³/mol. The molecular weight excluding hydrogens is 152 g/mol. The average Bonchev–Trinajstić information content (AvgIpc) is 1.83. The van der Waals surface area contributed by atoms with Gasteiger partial charge in [0.1, 0.15) is 0 Å². The Bertz CT molecular complexity index is 43.8. The number of rotatable bonds is 4. The maximum atomic E-state index is 3.99. The molecule has 0 saturated heterocycles. The van der Waals surface area contributed by atoms with Crippen molar-refractivity contribution in [2.45, 2.75) is 39.5 Å². The molecule has 0 aromatic carbocycles. The molecular formula is C8H17Fe-. The van der Waals surface area contributed by atoms with Gasteiger partial charge in [-0.05, 0) is 0 Å². The zero-order valence-electron chi connectivity index (χ0n) is 6.47. The zero-order valence-corrected chi connectivity index (χ0v) is 7.57. The van der Waals surface area contributed by atoms with E-state index >= 15 is 0 Å². The van der Waals surface area contributed by atoms with Crippen LogP contribution in [0.3, 0.4) is 0 Å². The molecule has 0 saturated carbocycles. The summed E-state index contributed by atoms with van der Waals surface area (Å²) in [6.45, 7) is 8.42. The van der Waals surface area contributed by atoms with E-state index < -0.39 is 0 Å². The fourth-order valence-electron chi connectivity index (χ4n) is 0.697. The summed E-state index contributed by atoms with van der Waals surface area (Å²) >= 11 is 0. The van der Waals surface area contributed by atoms with Gasteiger partial charge < -0.3 is 6.92 Å². The van der Waals surface area contributed by atoms with Crippen LogP contribution >= 0.6 is 0 Å². The fourth-order valence-corrected chi connectivity index (χ4v) is 0.697. The first-order chi connectivity index (χ1) is 3.81. The first kappa shape index (κ1) is 12.2. The van der Waals surface area contributed by atoms with Crippen LogP contribution in [-0.2, 0) is 17.1 Å². The van der Waals surface area contributed by atoms with E-state index in [-0.39, 0.29) is 17.1 Å². The molecule has 0 aromatic heterocycles. The molecule has 58 valence electrons. The van der Waals surface area contributed by atoms with Gasteiger partial charge in [0.2, 0.25) is 0 Å². The van der Waals surface area contributed by atoms with E-state index in [1.807, 2.05) is 0 Å². The van der Waals surface area contributed by atoms with Crippen LogP contribution in [0.5, 0.6) is 0 Å². The van der Waals surface area contributed by atoms with Gasteiger partial charge >= 0.3 is 0 Å². The standard InChI is InChI=1S/C8H17.Fe/c1-4-6-7-8(3)5-2;/h8H,3-7H2,1-2H3;/q-1;. The minimum atomic E-state index is 0. The topological polar surface area (TPSA) is 0 Å². The van der Waals surface area contributed by atoms with Crippen molar-refractivity contribution in [3.63, 3.8) is 0 Å². The van der Waals surface area contributed by atoms with Gasteiger partial charge in [0.05, 0.1) is 0 Å². The Morgan fingerprint density at radius 2 is 1.89 bits per heavy atom. The zero-order chi connectivity index (χ0) is 6.41. The average molecular weight is 169 g/mol. The molecule has 1 atom stereocenters. The van der Waals surface area contributed by atoms with Gasteiger partial charge in [0.25, 0.3) is 0 Å². The minimum absolute atomic E-state index is 0. The smallest absolute Gasteiger partial charge is 0 e. The molecule has 0 amide bonds. The van der Waals surface area contributed by atoms with Crippen molar-refractivity contribution < 1.29 is 17.1 Å². The van der Waals surface area contributed by atoms with Crippen LogP contribution in [0.25, 0.3) is 0 Å². The molecule has 0 aliphatic heterocycles. The fraction of sp³-hybridized carbons (Fsp3) is 0.875. The molecule has 0 spiro atoms.